The molecule has 0 aliphatic carbocycles. The molecule has 1 aromatic heterocycles. The third-order valence-corrected chi connectivity index (χ3v) is 3.56. The fourth-order valence-corrected chi connectivity index (χ4v) is 2.19. The Morgan fingerprint density at radius 1 is 1.29 bits per heavy atom. The van der Waals surface area contributed by atoms with Crippen molar-refractivity contribution in [2.24, 2.45) is 5.73 Å². The largest absolute Gasteiger partial charge is 0.364 e. The van der Waals surface area contributed by atoms with Gasteiger partial charge in [0, 0.05) is 10.0 Å². The number of aromatic nitrogens is 3. The van der Waals surface area contributed by atoms with Crippen molar-refractivity contribution in [1.82, 2.24) is 15.4 Å². The van der Waals surface area contributed by atoms with Gasteiger partial charge in [-0.2, -0.15) is 15.4 Å². The number of rotatable bonds is 2. The molecular weight excluding hydrogens is 331 g/mol. The van der Waals surface area contributed by atoms with E-state index in [4.69, 9.17) is 28.9 Å². The van der Waals surface area contributed by atoms with E-state index in [9.17, 15) is 4.79 Å². The lowest BCUT2D eigenvalue weighted by Crippen LogP contribution is -2.12. The van der Waals surface area contributed by atoms with Gasteiger partial charge >= 0.3 is 0 Å². The van der Waals surface area contributed by atoms with Crippen LogP contribution in [0.15, 0.2) is 16.6 Å². The van der Waals surface area contributed by atoms with Gasteiger partial charge in [0.05, 0.1) is 10.0 Å². The Balaban J connectivity index is 2.64. The van der Waals surface area contributed by atoms with Crippen molar-refractivity contribution in [3.63, 3.8) is 0 Å². The Labute approximate surface area is 114 Å². The van der Waals surface area contributed by atoms with Crippen LogP contribution in [0.1, 0.15) is 10.5 Å². The van der Waals surface area contributed by atoms with Gasteiger partial charge in [0.15, 0.2) is 5.69 Å². The highest BCUT2D eigenvalue weighted by molar-refractivity contribution is 9.10. The molecule has 0 unspecified atom stereocenters. The summed E-state index contributed by atoms with van der Waals surface area (Å²) in [6.45, 7) is 0. The van der Waals surface area contributed by atoms with Crippen molar-refractivity contribution < 1.29 is 4.79 Å². The summed E-state index contributed by atoms with van der Waals surface area (Å²) in [5, 5.41) is 10.7. The summed E-state index contributed by atoms with van der Waals surface area (Å²) in [6.07, 6.45) is 0. The molecule has 17 heavy (non-hydrogen) atoms. The molecule has 0 fully saturated rings. The molecule has 0 spiro atoms. The number of nitrogens with two attached hydrogens (primary N) is 1. The molecule has 0 aliphatic rings. The van der Waals surface area contributed by atoms with E-state index in [0.29, 0.717) is 20.1 Å². The predicted molar refractivity (Wildman–Crippen MR) is 68.1 cm³/mol. The number of carbonyl (C=O) groups is 1. The van der Waals surface area contributed by atoms with Gasteiger partial charge in [-0.1, -0.05) is 23.2 Å². The van der Waals surface area contributed by atoms with Gasteiger partial charge in [-0.15, -0.1) is 0 Å². The average molecular weight is 336 g/mol. The maximum atomic E-state index is 11.1. The predicted octanol–water partition coefficient (Wildman–Crippen LogP) is 2.64. The minimum atomic E-state index is -0.691. The minimum absolute atomic E-state index is 0.0188. The van der Waals surface area contributed by atoms with Crippen LogP contribution in [0.4, 0.5) is 0 Å². The number of benzene rings is 1. The van der Waals surface area contributed by atoms with Gasteiger partial charge in [-0.25, -0.2) is 0 Å². The Bertz CT molecular complexity index is 599. The highest BCUT2D eigenvalue weighted by Crippen LogP contribution is 2.35. The second-order valence-electron chi connectivity index (χ2n) is 3.13. The average Bonchev–Trinajstić information content (AvgIpc) is 2.72. The van der Waals surface area contributed by atoms with Crippen LogP contribution in [0, 0.1) is 0 Å². The minimum Gasteiger partial charge on any atom is -0.364 e. The summed E-state index contributed by atoms with van der Waals surface area (Å²) in [6, 6.07) is 3.19. The summed E-state index contributed by atoms with van der Waals surface area (Å²) in [5.74, 6) is -0.691. The van der Waals surface area contributed by atoms with Crippen molar-refractivity contribution in [2.75, 3.05) is 0 Å². The molecule has 0 saturated heterocycles. The molecule has 1 amide bonds. The number of carbonyl (C=O) groups excluding carboxylic acids is 1. The van der Waals surface area contributed by atoms with Gasteiger partial charge in [0.1, 0.15) is 5.69 Å². The van der Waals surface area contributed by atoms with E-state index in [1.807, 2.05) is 0 Å². The standard InChI is InChI=1S/C9H5BrCl2N4O/c10-4-2-5(11)3(1-6(4)12)7-8(9(13)17)15-16-14-7/h1-2H,(H2,13,17)(H,14,15,16). The van der Waals surface area contributed by atoms with E-state index in [1.54, 1.807) is 12.1 Å². The van der Waals surface area contributed by atoms with E-state index < -0.39 is 5.91 Å². The van der Waals surface area contributed by atoms with Crippen LogP contribution in [0.3, 0.4) is 0 Å². The number of hydrogen-bond donors (Lipinski definition) is 2. The number of H-pyrrole nitrogens is 1. The normalized spacial score (nSPS) is 10.5. The molecule has 0 aliphatic heterocycles. The van der Waals surface area contributed by atoms with E-state index in [1.165, 1.54) is 0 Å². The Hall–Kier alpha value is -1.11. The second kappa shape index (κ2) is 4.64. The summed E-state index contributed by atoms with van der Waals surface area (Å²) < 4.78 is 0.650. The topological polar surface area (TPSA) is 84.7 Å². The van der Waals surface area contributed by atoms with Gasteiger partial charge < -0.3 is 5.73 Å². The van der Waals surface area contributed by atoms with Crippen LogP contribution in [0.25, 0.3) is 11.3 Å². The quantitative estimate of drug-likeness (QED) is 0.827. The summed E-state index contributed by atoms with van der Waals surface area (Å²) >= 11 is 15.2. The number of halogens is 3. The zero-order chi connectivity index (χ0) is 12.6. The molecule has 1 heterocycles. The van der Waals surface area contributed by atoms with Crippen LogP contribution in [-0.2, 0) is 0 Å². The van der Waals surface area contributed by atoms with Gasteiger partial charge in [0.2, 0.25) is 0 Å². The molecule has 0 atom stereocenters. The number of nitrogens with zero attached hydrogens (tertiary/aromatic N) is 2. The van der Waals surface area contributed by atoms with Gasteiger partial charge in [-0.05, 0) is 28.1 Å². The van der Waals surface area contributed by atoms with E-state index in [0.717, 1.165) is 0 Å². The summed E-state index contributed by atoms with van der Waals surface area (Å²) in [4.78, 5) is 11.1. The van der Waals surface area contributed by atoms with Crippen LogP contribution in [0.2, 0.25) is 10.0 Å². The van der Waals surface area contributed by atoms with E-state index in [2.05, 4.69) is 31.3 Å². The van der Waals surface area contributed by atoms with Crippen molar-refractivity contribution in [3.8, 4) is 11.3 Å². The fourth-order valence-electron chi connectivity index (χ4n) is 1.29. The first-order valence-corrected chi connectivity index (χ1v) is 5.91. The van der Waals surface area contributed by atoms with Crippen LogP contribution in [-0.4, -0.2) is 21.3 Å². The number of aromatic amines is 1. The summed E-state index contributed by atoms with van der Waals surface area (Å²) in [7, 11) is 0. The van der Waals surface area contributed by atoms with Crippen molar-refractivity contribution >= 4 is 45.0 Å². The van der Waals surface area contributed by atoms with Gasteiger partial charge in [-0.3, -0.25) is 4.79 Å². The van der Waals surface area contributed by atoms with Crippen LogP contribution in [0.5, 0.6) is 0 Å². The fraction of sp³-hybridized carbons (Fsp3) is 0. The number of amides is 1. The molecule has 0 radical (unpaired) electrons. The first-order chi connectivity index (χ1) is 8.00. The third-order valence-electron chi connectivity index (χ3n) is 2.05. The molecule has 1 aromatic carbocycles. The summed E-state index contributed by atoms with van der Waals surface area (Å²) in [5.41, 5.74) is 5.95. The second-order valence-corrected chi connectivity index (χ2v) is 4.80. The highest BCUT2D eigenvalue weighted by atomic mass is 79.9. The molecular formula is C9H5BrCl2N4O. The molecule has 3 N–H and O–H groups in total. The highest BCUT2D eigenvalue weighted by Gasteiger charge is 2.18. The van der Waals surface area contributed by atoms with E-state index in [-0.39, 0.29) is 11.4 Å². The molecule has 8 heteroatoms. The van der Waals surface area contributed by atoms with Crippen molar-refractivity contribution in [2.45, 2.75) is 0 Å². The molecule has 2 rings (SSSR count). The van der Waals surface area contributed by atoms with E-state index >= 15 is 0 Å². The number of nitrogens with one attached hydrogen (secondary N) is 1. The lowest BCUT2D eigenvalue weighted by atomic mass is 10.1. The first kappa shape index (κ1) is 12.3. The lowest BCUT2D eigenvalue weighted by Gasteiger charge is -2.04. The van der Waals surface area contributed by atoms with Gasteiger partial charge in [0.25, 0.3) is 5.91 Å². The molecule has 88 valence electrons. The maximum Gasteiger partial charge on any atom is 0.271 e. The Morgan fingerprint density at radius 3 is 2.65 bits per heavy atom. The van der Waals surface area contributed by atoms with Crippen LogP contribution >= 0.6 is 39.1 Å². The number of hydrogen-bond acceptors (Lipinski definition) is 3. The zero-order valence-electron chi connectivity index (χ0n) is 8.17. The Morgan fingerprint density at radius 2 is 2.00 bits per heavy atom. The molecule has 0 bridgehead atoms. The Kier molecular flexibility index (Phi) is 3.37. The van der Waals surface area contributed by atoms with Crippen molar-refractivity contribution in [3.05, 3.63) is 32.3 Å². The lowest BCUT2D eigenvalue weighted by molar-refractivity contribution is 0.0996. The zero-order valence-corrected chi connectivity index (χ0v) is 11.3. The van der Waals surface area contributed by atoms with Crippen LogP contribution < -0.4 is 5.73 Å². The SMILES string of the molecule is NC(=O)c1n[nH]nc1-c1cc(Cl)c(Br)cc1Cl. The maximum absolute atomic E-state index is 11.1. The number of primary amides is 1. The first-order valence-electron chi connectivity index (χ1n) is 4.36. The third kappa shape index (κ3) is 2.29. The molecule has 5 nitrogen and oxygen atoms in total. The monoisotopic (exact) mass is 334 g/mol. The van der Waals surface area contributed by atoms with Crippen molar-refractivity contribution in [1.29, 1.82) is 0 Å². The molecule has 0 saturated carbocycles. The molecule has 2 aromatic rings. The smallest absolute Gasteiger partial charge is 0.271 e.